The van der Waals surface area contributed by atoms with Gasteiger partial charge in [0.15, 0.2) is 0 Å². The van der Waals surface area contributed by atoms with Crippen molar-refractivity contribution in [2.45, 2.75) is 50.4 Å². The molecule has 0 atom stereocenters. The van der Waals surface area contributed by atoms with E-state index in [2.05, 4.69) is 4.98 Å². The van der Waals surface area contributed by atoms with Crippen LogP contribution in [-0.4, -0.2) is 21.4 Å². The number of hydrogen-bond acceptors (Lipinski definition) is 4. The molecule has 0 aromatic carbocycles. The maximum Gasteiger partial charge on any atom is 0.256 e. The lowest BCUT2D eigenvalue weighted by atomic mass is 10.1. The Labute approximate surface area is 94.3 Å². The quantitative estimate of drug-likeness (QED) is 0.806. The molecule has 2 rings (SSSR count). The first-order chi connectivity index (χ1) is 7.09. The molecular weight excluding hydrogens is 210 g/mol. The van der Waals surface area contributed by atoms with Gasteiger partial charge in [0.2, 0.25) is 0 Å². The molecule has 1 saturated carbocycles. The molecule has 0 radical (unpaired) electrons. The van der Waals surface area contributed by atoms with Crippen LogP contribution in [0.1, 0.15) is 37.1 Å². The number of hydrogen-bond donors (Lipinski definition) is 1. The fourth-order valence-corrected chi connectivity index (χ4v) is 2.94. The van der Waals surface area contributed by atoms with Gasteiger partial charge in [0, 0.05) is 5.75 Å². The number of aliphatic hydroxyl groups is 1. The van der Waals surface area contributed by atoms with Crippen molar-refractivity contribution in [1.29, 1.82) is 0 Å². The van der Waals surface area contributed by atoms with Crippen molar-refractivity contribution in [3.63, 3.8) is 0 Å². The summed E-state index contributed by atoms with van der Waals surface area (Å²) in [5.41, 5.74) is 0.455. The van der Waals surface area contributed by atoms with Crippen molar-refractivity contribution in [3.05, 3.63) is 11.5 Å². The van der Waals surface area contributed by atoms with Gasteiger partial charge in [-0.1, -0.05) is 24.6 Å². The molecule has 0 spiro atoms. The van der Waals surface area contributed by atoms with Gasteiger partial charge in [-0.2, -0.15) is 0 Å². The van der Waals surface area contributed by atoms with E-state index in [0.717, 1.165) is 37.1 Å². The van der Waals surface area contributed by atoms with Crippen LogP contribution in [0.15, 0.2) is 9.64 Å². The van der Waals surface area contributed by atoms with E-state index in [-0.39, 0.29) is 0 Å². The lowest BCUT2D eigenvalue weighted by molar-refractivity contribution is 0.0730. The fraction of sp³-hybridized carbons (Fsp3) is 0.727. The average Bonchev–Trinajstić information content (AvgIpc) is 2.73. The third-order valence-corrected chi connectivity index (χ3v) is 4.11. The zero-order chi connectivity index (χ0) is 10.9. The van der Waals surface area contributed by atoms with E-state index in [1.807, 2.05) is 13.8 Å². The summed E-state index contributed by atoms with van der Waals surface area (Å²) in [5.74, 6) is 1.57. The van der Waals surface area contributed by atoms with Crippen LogP contribution in [0.3, 0.4) is 0 Å². The van der Waals surface area contributed by atoms with Crippen molar-refractivity contribution in [1.82, 2.24) is 4.98 Å². The Morgan fingerprint density at radius 3 is 2.60 bits per heavy atom. The highest BCUT2D eigenvalue weighted by Gasteiger charge is 2.31. The molecule has 84 valence electrons. The molecule has 1 aromatic heterocycles. The first-order valence-electron chi connectivity index (χ1n) is 5.38. The van der Waals surface area contributed by atoms with E-state index in [0.29, 0.717) is 11.0 Å². The Bertz CT molecular complexity index is 323. The zero-order valence-corrected chi connectivity index (χ0v) is 10.1. The summed E-state index contributed by atoms with van der Waals surface area (Å²) in [6, 6.07) is 0. The van der Waals surface area contributed by atoms with Gasteiger partial charge in [-0.3, -0.25) is 0 Å². The summed E-state index contributed by atoms with van der Waals surface area (Å²) in [4.78, 5) is 4.29. The minimum atomic E-state index is -0.485. The molecule has 0 unspecified atom stereocenters. The minimum absolute atomic E-state index is 0.485. The summed E-state index contributed by atoms with van der Waals surface area (Å²) < 4.78 is 5.46. The van der Waals surface area contributed by atoms with Crippen LogP contribution in [0.4, 0.5) is 0 Å². The maximum absolute atomic E-state index is 10.1. The molecule has 4 heteroatoms. The van der Waals surface area contributed by atoms with Gasteiger partial charge in [0.1, 0.15) is 5.76 Å². The van der Waals surface area contributed by atoms with Crippen molar-refractivity contribution in [2.24, 2.45) is 0 Å². The predicted molar refractivity (Wildman–Crippen MR) is 60.1 cm³/mol. The molecular formula is C11H17NO2S. The Balaban J connectivity index is 1.92. The Hall–Kier alpha value is -0.480. The van der Waals surface area contributed by atoms with Crippen LogP contribution in [0, 0.1) is 13.8 Å². The molecule has 1 aromatic rings. The Morgan fingerprint density at radius 2 is 2.07 bits per heavy atom. The molecule has 0 amide bonds. The van der Waals surface area contributed by atoms with Gasteiger partial charge in [-0.05, 0) is 26.7 Å². The molecule has 0 aliphatic heterocycles. The maximum atomic E-state index is 10.1. The van der Waals surface area contributed by atoms with E-state index in [9.17, 15) is 5.11 Å². The van der Waals surface area contributed by atoms with Crippen LogP contribution in [0.2, 0.25) is 0 Å². The summed E-state index contributed by atoms with van der Waals surface area (Å²) in [7, 11) is 0. The van der Waals surface area contributed by atoms with E-state index in [1.54, 1.807) is 0 Å². The topological polar surface area (TPSA) is 46.3 Å². The molecule has 1 heterocycles. The first kappa shape index (κ1) is 11.0. The van der Waals surface area contributed by atoms with E-state index < -0.39 is 5.60 Å². The average molecular weight is 227 g/mol. The van der Waals surface area contributed by atoms with E-state index >= 15 is 0 Å². The van der Waals surface area contributed by atoms with Crippen LogP contribution < -0.4 is 0 Å². The van der Waals surface area contributed by atoms with E-state index in [1.165, 1.54) is 11.8 Å². The molecule has 1 aliphatic rings. The number of nitrogens with zero attached hydrogens (tertiary/aromatic N) is 1. The molecule has 1 aliphatic carbocycles. The van der Waals surface area contributed by atoms with Crippen LogP contribution in [0.25, 0.3) is 0 Å². The molecule has 1 N–H and O–H groups in total. The number of thioether (sulfide) groups is 1. The largest absolute Gasteiger partial charge is 0.437 e. The molecule has 1 fully saturated rings. The molecule has 0 bridgehead atoms. The predicted octanol–water partition coefficient (Wildman–Crippen LogP) is 2.69. The van der Waals surface area contributed by atoms with Gasteiger partial charge >= 0.3 is 0 Å². The van der Waals surface area contributed by atoms with Gasteiger partial charge in [0.25, 0.3) is 5.22 Å². The highest BCUT2D eigenvalue weighted by molar-refractivity contribution is 7.99. The van der Waals surface area contributed by atoms with Crippen molar-refractivity contribution in [2.75, 3.05) is 5.75 Å². The smallest absolute Gasteiger partial charge is 0.256 e. The summed E-state index contributed by atoms with van der Waals surface area (Å²) in [6.45, 7) is 3.85. The normalized spacial score (nSPS) is 19.7. The molecule has 15 heavy (non-hydrogen) atoms. The van der Waals surface area contributed by atoms with Crippen molar-refractivity contribution in [3.8, 4) is 0 Å². The van der Waals surface area contributed by atoms with Crippen LogP contribution in [0.5, 0.6) is 0 Å². The lowest BCUT2D eigenvalue weighted by Gasteiger charge is -2.19. The third-order valence-electron chi connectivity index (χ3n) is 3.01. The minimum Gasteiger partial charge on any atom is -0.437 e. The number of rotatable bonds is 3. The Morgan fingerprint density at radius 1 is 1.40 bits per heavy atom. The standard InChI is InChI=1S/C11H17NO2S/c1-8-9(2)14-10(12-8)15-7-11(13)5-3-4-6-11/h13H,3-7H2,1-2H3. The van der Waals surface area contributed by atoms with Gasteiger partial charge in [-0.15, -0.1) is 0 Å². The summed E-state index contributed by atoms with van der Waals surface area (Å²) >= 11 is 1.52. The van der Waals surface area contributed by atoms with Gasteiger partial charge in [-0.25, -0.2) is 4.98 Å². The van der Waals surface area contributed by atoms with Gasteiger partial charge in [0.05, 0.1) is 11.3 Å². The van der Waals surface area contributed by atoms with Crippen LogP contribution >= 0.6 is 11.8 Å². The second-order valence-electron chi connectivity index (χ2n) is 4.34. The highest BCUT2D eigenvalue weighted by Crippen LogP contribution is 2.34. The number of oxazole rings is 1. The SMILES string of the molecule is Cc1nc(SCC2(O)CCCC2)oc1C. The lowest BCUT2D eigenvalue weighted by Crippen LogP contribution is -2.27. The number of aromatic nitrogens is 1. The van der Waals surface area contributed by atoms with Crippen LogP contribution in [-0.2, 0) is 0 Å². The summed E-state index contributed by atoms with van der Waals surface area (Å²) in [6.07, 6.45) is 4.11. The first-order valence-corrected chi connectivity index (χ1v) is 6.37. The third kappa shape index (κ3) is 2.55. The van der Waals surface area contributed by atoms with E-state index in [4.69, 9.17) is 4.42 Å². The number of aryl methyl sites for hydroxylation is 2. The highest BCUT2D eigenvalue weighted by atomic mass is 32.2. The molecule has 3 nitrogen and oxygen atoms in total. The zero-order valence-electron chi connectivity index (χ0n) is 9.25. The molecule has 0 saturated heterocycles. The second-order valence-corrected chi connectivity index (χ2v) is 5.27. The fourth-order valence-electron chi connectivity index (χ4n) is 1.88. The summed E-state index contributed by atoms with van der Waals surface area (Å²) in [5, 5.41) is 10.8. The van der Waals surface area contributed by atoms with Crippen molar-refractivity contribution < 1.29 is 9.52 Å². The Kier molecular flexibility index (Phi) is 3.07. The van der Waals surface area contributed by atoms with Gasteiger partial charge < -0.3 is 9.52 Å². The monoisotopic (exact) mass is 227 g/mol. The van der Waals surface area contributed by atoms with Crippen molar-refractivity contribution >= 4 is 11.8 Å². The second kappa shape index (κ2) is 4.18.